The molecule has 1 aliphatic rings. The Morgan fingerprint density at radius 2 is 2.15 bits per heavy atom. The highest BCUT2D eigenvalue weighted by Crippen LogP contribution is 2.21. The lowest BCUT2D eigenvalue weighted by atomic mass is 9.90. The van der Waals surface area contributed by atoms with Crippen molar-refractivity contribution in [2.24, 2.45) is 5.10 Å². The van der Waals surface area contributed by atoms with Crippen LogP contribution in [0.4, 0.5) is 5.95 Å². The largest absolute Gasteiger partial charge is 0.291 e. The van der Waals surface area contributed by atoms with Gasteiger partial charge in [0.1, 0.15) is 0 Å². The monoisotopic (exact) mass is 268 g/mol. The van der Waals surface area contributed by atoms with Gasteiger partial charge in [0.25, 0.3) is 5.56 Å². The summed E-state index contributed by atoms with van der Waals surface area (Å²) in [6, 6.07) is 9.74. The van der Waals surface area contributed by atoms with E-state index in [0.29, 0.717) is 11.6 Å². The zero-order chi connectivity index (χ0) is 13.9. The van der Waals surface area contributed by atoms with Gasteiger partial charge in [0.05, 0.1) is 5.71 Å². The molecule has 2 N–H and O–H groups in total. The van der Waals surface area contributed by atoms with E-state index in [-0.39, 0.29) is 5.56 Å². The van der Waals surface area contributed by atoms with E-state index in [0.717, 1.165) is 25.0 Å². The number of aryl methyl sites for hydroxylation is 2. The highest BCUT2D eigenvalue weighted by molar-refractivity contribution is 6.02. The smallest absolute Gasteiger partial charge is 0.252 e. The molecule has 0 spiro atoms. The fourth-order valence-electron chi connectivity index (χ4n) is 2.47. The summed E-state index contributed by atoms with van der Waals surface area (Å²) in [5.41, 5.74) is 6.86. The number of anilines is 1. The first-order valence-electron chi connectivity index (χ1n) is 6.71. The molecule has 20 heavy (non-hydrogen) atoms. The Labute approximate surface area is 116 Å². The summed E-state index contributed by atoms with van der Waals surface area (Å²) in [6.45, 7) is 1.78. The van der Waals surface area contributed by atoms with Crippen LogP contribution in [-0.4, -0.2) is 15.7 Å². The number of rotatable bonds is 2. The second-order valence-corrected chi connectivity index (χ2v) is 4.92. The molecule has 0 atom stereocenters. The molecule has 0 aliphatic heterocycles. The van der Waals surface area contributed by atoms with Crippen LogP contribution in [0, 0.1) is 6.92 Å². The van der Waals surface area contributed by atoms with E-state index in [1.165, 1.54) is 17.2 Å². The highest BCUT2D eigenvalue weighted by atomic mass is 16.1. The second kappa shape index (κ2) is 5.28. The van der Waals surface area contributed by atoms with E-state index in [1.54, 1.807) is 6.92 Å². The van der Waals surface area contributed by atoms with Crippen LogP contribution in [0.3, 0.4) is 0 Å². The summed E-state index contributed by atoms with van der Waals surface area (Å²) in [5, 5.41) is 4.41. The predicted octanol–water partition coefficient (Wildman–Crippen LogP) is 2.23. The number of aromatic amines is 1. The molecule has 0 saturated heterocycles. The van der Waals surface area contributed by atoms with Gasteiger partial charge in [-0.15, -0.1) is 0 Å². The third kappa shape index (κ3) is 2.61. The Kier molecular flexibility index (Phi) is 3.33. The fourth-order valence-corrected chi connectivity index (χ4v) is 2.47. The summed E-state index contributed by atoms with van der Waals surface area (Å²) in [7, 11) is 0. The summed E-state index contributed by atoms with van der Waals surface area (Å²) in [4.78, 5) is 18.2. The minimum absolute atomic E-state index is 0.177. The quantitative estimate of drug-likeness (QED) is 0.820. The second-order valence-electron chi connectivity index (χ2n) is 4.92. The molecule has 0 saturated carbocycles. The molecule has 0 amide bonds. The molecular weight excluding hydrogens is 252 g/mol. The number of benzene rings is 1. The van der Waals surface area contributed by atoms with E-state index >= 15 is 0 Å². The lowest BCUT2D eigenvalue weighted by Crippen LogP contribution is -2.15. The minimum Gasteiger partial charge on any atom is -0.291 e. The zero-order valence-corrected chi connectivity index (χ0v) is 11.3. The van der Waals surface area contributed by atoms with Gasteiger partial charge in [-0.25, -0.2) is 10.4 Å². The number of nitrogens with one attached hydrogen (secondary N) is 2. The Morgan fingerprint density at radius 1 is 1.30 bits per heavy atom. The molecular formula is C15H16N4O. The molecule has 1 heterocycles. The average Bonchev–Trinajstić information content (AvgIpc) is 2.44. The van der Waals surface area contributed by atoms with Gasteiger partial charge in [0, 0.05) is 17.3 Å². The SMILES string of the molecule is Cc1cc(=O)[nH]c(N/N=C2/CCCc3ccccc32)n1. The van der Waals surface area contributed by atoms with E-state index in [2.05, 4.69) is 38.7 Å². The van der Waals surface area contributed by atoms with Crippen LogP contribution < -0.4 is 11.0 Å². The van der Waals surface area contributed by atoms with E-state index < -0.39 is 0 Å². The molecule has 0 unspecified atom stereocenters. The Morgan fingerprint density at radius 3 is 3.00 bits per heavy atom. The van der Waals surface area contributed by atoms with Gasteiger partial charge >= 0.3 is 0 Å². The molecule has 102 valence electrons. The van der Waals surface area contributed by atoms with Crippen molar-refractivity contribution in [3.05, 3.63) is 57.5 Å². The highest BCUT2D eigenvalue weighted by Gasteiger charge is 2.14. The lowest BCUT2D eigenvalue weighted by Gasteiger charge is -2.17. The Hall–Kier alpha value is -2.43. The normalized spacial score (nSPS) is 15.9. The molecule has 3 rings (SSSR count). The average molecular weight is 268 g/mol. The summed E-state index contributed by atoms with van der Waals surface area (Å²) in [5.74, 6) is 0.380. The number of aromatic nitrogens is 2. The van der Waals surface area contributed by atoms with E-state index in [4.69, 9.17) is 0 Å². The van der Waals surface area contributed by atoms with Crippen molar-refractivity contribution in [3.8, 4) is 0 Å². The van der Waals surface area contributed by atoms with Crippen molar-refractivity contribution in [1.82, 2.24) is 9.97 Å². The fraction of sp³-hybridized carbons (Fsp3) is 0.267. The summed E-state index contributed by atoms with van der Waals surface area (Å²) in [6.07, 6.45) is 3.12. The van der Waals surface area contributed by atoms with Crippen molar-refractivity contribution >= 4 is 11.7 Å². The molecule has 1 aliphatic carbocycles. The predicted molar refractivity (Wildman–Crippen MR) is 79.1 cm³/mol. The van der Waals surface area contributed by atoms with Crippen molar-refractivity contribution in [2.45, 2.75) is 26.2 Å². The molecule has 0 radical (unpaired) electrons. The molecule has 0 fully saturated rings. The summed E-state index contributed by atoms with van der Waals surface area (Å²) >= 11 is 0. The first kappa shape index (κ1) is 12.6. The van der Waals surface area contributed by atoms with E-state index in [1.807, 2.05) is 6.07 Å². The van der Waals surface area contributed by atoms with Crippen LogP contribution in [0.25, 0.3) is 0 Å². The van der Waals surface area contributed by atoms with Gasteiger partial charge < -0.3 is 0 Å². The molecule has 1 aromatic heterocycles. The first-order chi connectivity index (χ1) is 9.72. The zero-order valence-electron chi connectivity index (χ0n) is 11.3. The standard InChI is InChI=1S/C15H16N4O/c1-10-9-14(20)17-15(16-10)19-18-13-8-4-6-11-5-2-3-7-12(11)13/h2-3,5,7,9H,4,6,8H2,1H3,(H2,16,17,19,20)/b18-13-. The molecule has 5 nitrogen and oxygen atoms in total. The number of hydrogen-bond acceptors (Lipinski definition) is 4. The molecule has 1 aromatic carbocycles. The molecule has 2 aromatic rings. The van der Waals surface area contributed by atoms with Gasteiger partial charge in [0.2, 0.25) is 5.95 Å². The van der Waals surface area contributed by atoms with Crippen molar-refractivity contribution < 1.29 is 0 Å². The van der Waals surface area contributed by atoms with E-state index in [9.17, 15) is 4.79 Å². The lowest BCUT2D eigenvalue weighted by molar-refractivity contribution is 0.836. The topological polar surface area (TPSA) is 70.1 Å². The maximum Gasteiger partial charge on any atom is 0.252 e. The molecule has 5 heteroatoms. The number of nitrogens with zero attached hydrogens (tertiary/aromatic N) is 2. The van der Waals surface area contributed by atoms with Crippen molar-refractivity contribution in [2.75, 3.05) is 5.43 Å². The number of H-pyrrole nitrogens is 1. The summed E-state index contributed by atoms with van der Waals surface area (Å²) < 4.78 is 0. The van der Waals surface area contributed by atoms with Gasteiger partial charge in [-0.2, -0.15) is 5.10 Å². The Balaban J connectivity index is 1.88. The van der Waals surface area contributed by atoms with Crippen LogP contribution >= 0.6 is 0 Å². The number of fused-ring (bicyclic) bond motifs is 1. The van der Waals surface area contributed by atoms with Crippen LogP contribution in [0.15, 0.2) is 40.2 Å². The third-order valence-corrected chi connectivity index (χ3v) is 3.35. The van der Waals surface area contributed by atoms with Crippen LogP contribution in [0.5, 0.6) is 0 Å². The van der Waals surface area contributed by atoms with Gasteiger partial charge in [-0.05, 0) is 31.7 Å². The van der Waals surface area contributed by atoms with Gasteiger partial charge in [0.15, 0.2) is 0 Å². The Bertz CT molecular complexity index is 718. The van der Waals surface area contributed by atoms with Crippen LogP contribution in [-0.2, 0) is 6.42 Å². The first-order valence-corrected chi connectivity index (χ1v) is 6.71. The van der Waals surface area contributed by atoms with Gasteiger partial charge in [-0.3, -0.25) is 9.78 Å². The van der Waals surface area contributed by atoms with Crippen LogP contribution in [0.2, 0.25) is 0 Å². The number of hydrazone groups is 1. The maximum atomic E-state index is 11.4. The third-order valence-electron chi connectivity index (χ3n) is 3.35. The molecule has 0 bridgehead atoms. The minimum atomic E-state index is -0.177. The van der Waals surface area contributed by atoms with Gasteiger partial charge in [-0.1, -0.05) is 24.3 Å². The van der Waals surface area contributed by atoms with Crippen molar-refractivity contribution in [3.63, 3.8) is 0 Å². The van der Waals surface area contributed by atoms with Crippen molar-refractivity contribution in [1.29, 1.82) is 0 Å². The maximum absolute atomic E-state index is 11.4. The van der Waals surface area contributed by atoms with Crippen LogP contribution in [0.1, 0.15) is 29.7 Å². The number of hydrogen-bond donors (Lipinski definition) is 2.